The van der Waals surface area contributed by atoms with E-state index < -0.39 is 0 Å². The first kappa shape index (κ1) is 14.5. The fourth-order valence-electron chi connectivity index (χ4n) is 2.32. The van der Waals surface area contributed by atoms with E-state index in [2.05, 4.69) is 20.7 Å². The Labute approximate surface area is 128 Å². The molecule has 0 unspecified atom stereocenters. The normalized spacial score (nSPS) is 15.0. The van der Waals surface area contributed by atoms with Crippen molar-refractivity contribution in [1.82, 2.24) is 25.4 Å². The first-order valence-electron chi connectivity index (χ1n) is 7.34. The van der Waals surface area contributed by atoms with Crippen molar-refractivity contribution in [2.24, 2.45) is 0 Å². The van der Waals surface area contributed by atoms with Crippen LogP contribution in [0.3, 0.4) is 0 Å². The Morgan fingerprint density at radius 1 is 1.59 bits per heavy atom. The smallest absolute Gasteiger partial charge is 0.271 e. The summed E-state index contributed by atoms with van der Waals surface area (Å²) in [6.45, 7) is 4.74. The van der Waals surface area contributed by atoms with E-state index in [9.17, 15) is 4.79 Å². The van der Waals surface area contributed by atoms with E-state index >= 15 is 0 Å². The Morgan fingerprint density at radius 3 is 3.27 bits per heavy atom. The summed E-state index contributed by atoms with van der Waals surface area (Å²) in [6, 6.07) is 5.47. The van der Waals surface area contributed by atoms with Gasteiger partial charge in [0.2, 0.25) is 0 Å². The molecule has 1 amide bonds. The Bertz CT molecular complexity index is 617. The third-order valence-electron chi connectivity index (χ3n) is 3.42. The van der Waals surface area contributed by atoms with Crippen molar-refractivity contribution in [2.45, 2.75) is 26.1 Å². The molecule has 0 radical (unpaired) electrons. The Kier molecular flexibility index (Phi) is 4.34. The predicted molar refractivity (Wildman–Crippen MR) is 80.6 cm³/mol. The molecular formula is C15H19N5O2. The zero-order valence-corrected chi connectivity index (χ0v) is 12.5. The summed E-state index contributed by atoms with van der Waals surface area (Å²) in [6.07, 6.45) is 3.19. The van der Waals surface area contributed by atoms with Crippen molar-refractivity contribution < 1.29 is 9.53 Å². The molecule has 2 aromatic heterocycles. The van der Waals surface area contributed by atoms with E-state index in [-0.39, 0.29) is 12.0 Å². The number of ether oxygens (including phenoxy) is 1. The number of hydrogen-bond acceptors (Lipinski definition) is 5. The summed E-state index contributed by atoms with van der Waals surface area (Å²) < 4.78 is 7.55. The van der Waals surface area contributed by atoms with Gasteiger partial charge in [-0.25, -0.2) is 0 Å². The van der Waals surface area contributed by atoms with Crippen LogP contribution >= 0.6 is 0 Å². The monoisotopic (exact) mass is 301 g/mol. The zero-order valence-electron chi connectivity index (χ0n) is 12.5. The molecule has 1 aliphatic rings. The summed E-state index contributed by atoms with van der Waals surface area (Å²) in [5, 5.41) is 10.4. The molecular weight excluding hydrogens is 282 g/mol. The second kappa shape index (κ2) is 6.57. The maximum Gasteiger partial charge on any atom is 0.271 e. The second-order valence-electron chi connectivity index (χ2n) is 5.25. The SMILES string of the molecule is C[C@H](CNC(=O)c1cc2n(n1)CCNC2)Oc1cccnc1. The number of nitrogens with one attached hydrogen (secondary N) is 2. The molecule has 0 fully saturated rings. The second-order valence-corrected chi connectivity index (χ2v) is 5.25. The minimum Gasteiger partial charge on any atom is -0.487 e. The highest BCUT2D eigenvalue weighted by Crippen LogP contribution is 2.09. The zero-order chi connectivity index (χ0) is 15.4. The lowest BCUT2D eigenvalue weighted by atomic mass is 10.3. The number of pyridine rings is 1. The summed E-state index contributed by atoms with van der Waals surface area (Å²) in [4.78, 5) is 16.1. The number of hydrogen-bond donors (Lipinski definition) is 2. The van der Waals surface area contributed by atoms with Crippen molar-refractivity contribution in [1.29, 1.82) is 0 Å². The van der Waals surface area contributed by atoms with Crippen LogP contribution in [-0.4, -0.2) is 39.9 Å². The molecule has 0 aromatic carbocycles. The number of rotatable bonds is 5. The summed E-state index contributed by atoms with van der Waals surface area (Å²) in [5.41, 5.74) is 1.49. The molecule has 1 atom stereocenters. The van der Waals surface area contributed by atoms with E-state index in [0.717, 1.165) is 25.3 Å². The van der Waals surface area contributed by atoms with Crippen LogP contribution in [0.5, 0.6) is 5.75 Å². The topological polar surface area (TPSA) is 81.1 Å². The fraction of sp³-hybridized carbons (Fsp3) is 0.400. The van der Waals surface area contributed by atoms with Crippen LogP contribution in [0.1, 0.15) is 23.1 Å². The molecule has 116 valence electrons. The van der Waals surface area contributed by atoms with Gasteiger partial charge in [-0.2, -0.15) is 5.10 Å². The molecule has 0 saturated carbocycles. The van der Waals surface area contributed by atoms with Gasteiger partial charge in [-0.1, -0.05) is 0 Å². The van der Waals surface area contributed by atoms with Crippen LogP contribution in [0.25, 0.3) is 0 Å². The third-order valence-corrected chi connectivity index (χ3v) is 3.42. The first-order chi connectivity index (χ1) is 10.7. The van der Waals surface area contributed by atoms with Crippen LogP contribution in [0.15, 0.2) is 30.6 Å². The average Bonchev–Trinajstić information content (AvgIpc) is 2.98. The van der Waals surface area contributed by atoms with E-state index in [0.29, 0.717) is 18.0 Å². The van der Waals surface area contributed by atoms with Crippen molar-refractivity contribution in [3.63, 3.8) is 0 Å². The highest BCUT2D eigenvalue weighted by Gasteiger charge is 2.17. The molecule has 2 N–H and O–H groups in total. The molecule has 7 heteroatoms. The first-order valence-corrected chi connectivity index (χ1v) is 7.34. The van der Waals surface area contributed by atoms with Crippen LogP contribution in [0, 0.1) is 0 Å². The number of amides is 1. The Hall–Kier alpha value is -2.41. The standard InChI is InChI=1S/C15H19N5O2/c1-11(22-13-3-2-4-16-10-13)8-18-15(21)14-7-12-9-17-5-6-20(12)19-14/h2-4,7,10-11,17H,5-6,8-9H2,1H3,(H,18,21)/t11-/m1/s1. The minimum absolute atomic E-state index is 0.146. The molecule has 0 spiro atoms. The van der Waals surface area contributed by atoms with Gasteiger partial charge >= 0.3 is 0 Å². The van der Waals surface area contributed by atoms with E-state index in [1.165, 1.54) is 0 Å². The van der Waals surface area contributed by atoms with Crippen molar-refractivity contribution in [2.75, 3.05) is 13.1 Å². The summed E-state index contributed by atoms with van der Waals surface area (Å²) >= 11 is 0. The summed E-state index contributed by atoms with van der Waals surface area (Å²) in [7, 11) is 0. The van der Waals surface area contributed by atoms with Crippen LogP contribution in [0.2, 0.25) is 0 Å². The van der Waals surface area contributed by atoms with Crippen LogP contribution in [0.4, 0.5) is 0 Å². The molecule has 22 heavy (non-hydrogen) atoms. The highest BCUT2D eigenvalue weighted by atomic mass is 16.5. The van der Waals surface area contributed by atoms with Crippen LogP contribution in [-0.2, 0) is 13.1 Å². The molecule has 3 heterocycles. The predicted octanol–water partition coefficient (Wildman–Crippen LogP) is 0.579. The maximum atomic E-state index is 12.1. The van der Waals surface area contributed by atoms with Gasteiger partial charge in [-0.05, 0) is 25.1 Å². The van der Waals surface area contributed by atoms with Gasteiger partial charge in [0.1, 0.15) is 17.5 Å². The molecule has 0 bridgehead atoms. The van der Waals surface area contributed by atoms with Gasteiger partial charge in [0.05, 0.1) is 25.0 Å². The molecule has 0 saturated heterocycles. The number of aromatic nitrogens is 3. The summed E-state index contributed by atoms with van der Waals surface area (Å²) in [5.74, 6) is 0.510. The van der Waals surface area contributed by atoms with Gasteiger partial charge < -0.3 is 15.4 Å². The number of fused-ring (bicyclic) bond motifs is 1. The highest BCUT2D eigenvalue weighted by molar-refractivity contribution is 5.92. The number of carbonyl (C=O) groups excluding carboxylic acids is 1. The number of nitrogens with zero attached hydrogens (tertiary/aromatic N) is 3. The Balaban J connectivity index is 1.52. The molecule has 7 nitrogen and oxygen atoms in total. The average molecular weight is 301 g/mol. The fourth-order valence-corrected chi connectivity index (χ4v) is 2.32. The minimum atomic E-state index is -0.177. The van der Waals surface area contributed by atoms with Gasteiger partial charge in [0.15, 0.2) is 0 Å². The third kappa shape index (κ3) is 3.43. The lowest BCUT2D eigenvalue weighted by Gasteiger charge is -2.14. The van der Waals surface area contributed by atoms with Crippen molar-refractivity contribution >= 4 is 5.91 Å². The maximum absolute atomic E-state index is 12.1. The van der Waals surface area contributed by atoms with Gasteiger partial charge in [-0.15, -0.1) is 0 Å². The largest absolute Gasteiger partial charge is 0.487 e. The lowest BCUT2D eigenvalue weighted by molar-refractivity contribution is 0.0926. The van der Waals surface area contributed by atoms with E-state index in [1.54, 1.807) is 12.4 Å². The molecule has 2 aromatic rings. The number of carbonyl (C=O) groups is 1. The molecule has 3 rings (SSSR count). The van der Waals surface area contributed by atoms with Crippen LogP contribution < -0.4 is 15.4 Å². The molecule has 0 aliphatic carbocycles. The van der Waals surface area contributed by atoms with Gasteiger partial charge in [0, 0.05) is 19.3 Å². The van der Waals surface area contributed by atoms with Crippen molar-refractivity contribution in [3.8, 4) is 5.75 Å². The quantitative estimate of drug-likeness (QED) is 0.844. The van der Waals surface area contributed by atoms with Crippen molar-refractivity contribution in [3.05, 3.63) is 42.0 Å². The van der Waals surface area contributed by atoms with E-state index in [4.69, 9.17) is 4.74 Å². The van der Waals surface area contributed by atoms with Gasteiger partial charge in [-0.3, -0.25) is 14.5 Å². The van der Waals surface area contributed by atoms with E-state index in [1.807, 2.05) is 29.8 Å². The lowest BCUT2D eigenvalue weighted by Crippen LogP contribution is -2.34. The van der Waals surface area contributed by atoms with Gasteiger partial charge in [0.25, 0.3) is 5.91 Å². The molecule has 1 aliphatic heterocycles. The Morgan fingerprint density at radius 2 is 2.50 bits per heavy atom.